The Balaban J connectivity index is 1.63. The number of rotatable bonds is 3. The van der Waals surface area contributed by atoms with Gasteiger partial charge >= 0.3 is 5.97 Å². The van der Waals surface area contributed by atoms with Crippen LogP contribution in [0.4, 0.5) is 5.69 Å². The maximum Gasteiger partial charge on any atom is 0.307 e. The van der Waals surface area contributed by atoms with E-state index in [1.807, 2.05) is 36.4 Å². The SMILES string of the molecule is O=C(O)[C@H]1[C@H](C(=O)Nc2ccccc2)[C@H]2C=C[C@H]1C21CC1. The number of allylic oxidation sites excluding steroid dienone is 2. The standard InChI is InChI=1S/C17H17NO3/c19-15(18-10-4-2-1-3-5-10)13-11-6-7-12(14(13)16(20)21)17(11)8-9-17/h1-7,11-14H,8-9H2,(H,18,19)(H,20,21)/t11-,12-,13-,14-/m1/s1. The maximum absolute atomic E-state index is 12.6. The van der Waals surface area contributed by atoms with Crippen molar-refractivity contribution in [1.29, 1.82) is 0 Å². The smallest absolute Gasteiger partial charge is 0.307 e. The molecule has 0 aromatic heterocycles. The van der Waals surface area contributed by atoms with E-state index in [0.717, 1.165) is 18.5 Å². The molecule has 21 heavy (non-hydrogen) atoms. The van der Waals surface area contributed by atoms with E-state index in [4.69, 9.17) is 0 Å². The van der Waals surface area contributed by atoms with Crippen LogP contribution in [0, 0.1) is 29.1 Å². The van der Waals surface area contributed by atoms with Crippen molar-refractivity contribution in [2.75, 3.05) is 5.32 Å². The molecule has 2 bridgehead atoms. The highest BCUT2D eigenvalue weighted by Crippen LogP contribution is 2.72. The Hall–Kier alpha value is -2.10. The van der Waals surface area contributed by atoms with Crippen LogP contribution in [0.2, 0.25) is 0 Å². The lowest BCUT2D eigenvalue weighted by Crippen LogP contribution is -2.36. The fraction of sp³-hybridized carbons (Fsp3) is 0.412. The van der Waals surface area contributed by atoms with Crippen LogP contribution in [-0.2, 0) is 9.59 Å². The zero-order valence-electron chi connectivity index (χ0n) is 11.5. The quantitative estimate of drug-likeness (QED) is 0.838. The van der Waals surface area contributed by atoms with E-state index in [2.05, 4.69) is 11.4 Å². The Morgan fingerprint density at radius 2 is 1.67 bits per heavy atom. The first-order valence-corrected chi connectivity index (χ1v) is 7.40. The van der Waals surface area contributed by atoms with Crippen molar-refractivity contribution in [3.63, 3.8) is 0 Å². The second-order valence-electron chi connectivity index (χ2n) is 6.41. The fourth-order valence-electron chi connectivity index (χ4n) is 4.44. The molecule has 3 aliphatic carbocycles. The van der Waals surface area contributed by atoms with E-state index in [0.29, 0.717) is 0 Å². The summed E-state index contributed by atoms with van der Waals surface area (Å²) in [6.45, 7) is 0. The number of anilines is 1. The third-order valence-corrected chi connectivity index (χ3v) is 5.47. The van der Waals surface area contributed by atoms with E-state index in [-0.39, 0.29) is 23.2 Å². The second-order valence-corrected chi connectivity index (χ2v) is 6.41. The van der Waals surface area contributed by atoms with Gasteiger partial charge in [0, 0.05) is 5.69 Å². The minimum Gasteiger partial charge on any atom is -0.481 e. The molecule has 1 amide bonds. The number of para-hydroxylation sites is 1. The summed E-state index contributed by atoms with van der Waals surface area (Å²) in [5.41, 5.74) is 0.796. The van der Waals surface area contributed by atoms with E-state index >= 15 is 0 Å². The first-order valence-electron chi connectivity index (χ1n) is 7.40. The molecule has 4 rings (SSSR count). The van der Waals surface area contributed by atoms with Gasteiger partial charge in [0.1, 0.15) is 0 Å². The minimum atomic E-state index is -0.841. The molecule has 108 valence electrons. The zero-order valence-corrected chi connectivity index (χ0v) is 11.5. The molecule has 1 aromatic rings. The average Bonchev–Trinajstić information content (AvgIpc) is 3.13. The summed E-state index contributed by atoms with van der Waals surface area (Å²) in [4.78, 5) is 24.3. The van der Waals surface area contributed by atoms with Crippen LogP contribution in [0.5, 0.6) is 0 Å². The Kier molecular flexibility index (Phi) is 2.52. The van der Waals surface area contributed by atoms with E-state index < -0.39 is 17.8 Å². The molecule has 2 fully saturated rings. The van der Waals surface area contributed by atoms with Gasteiger partial charge in [0.25, 0.3) is 0 Å². The predicted octanol–water partition coefficient (Wildman–Crippen LogP) is 2.54. The van der Waals surface area contributed by atoms with Crippen LogP contribution in [0.1, 0.15) is 12.8 Å². The summed E-state index contributed by atoms with van der Waals surface area (Å²) in [6, 6.07) is 9.24. The fourth-order valence-corrected chi connectivity index (χ4v) is 4.44. The number of carboxylic acid groups (broad SMARTS) is 1. The number of hydrogen-bond donors (Lipinski definition) is 2. The van der Waals surface area contributed by atoms with Crippen molar-refractivity contribution in [3.05, 3.63) is 42.5 Å². The minimum absolute atomic E-state index is 0.0338. The molecule has 2 N–H and O–H groups in total. The van der Waals surface area contributed by atoms with Crippen LogP contribution in [-0.4, -0.2) is 17.0 Å². The van der Waals surface area contributed by atoms with Crippen molar-refractivity contribution in [2.24, 2.45) is 29.1 Å². The molecule has 1 spiro atoms. The lowest BCUT2D eigenvalue weighted by Gasteiger charge is -2.23. The monoisotopic (exact) mass is 283 g/mol. The molecule has 4 atom stereocenters. The molecule has 0 heterocycles. The Bertz CT molecular complexity index is 633. The van der Waals surface area contributed by atoms with Crippen LogP contribution in [0.15, 0.2) is 42.5 Å². The van der Waals surface area contributed by atoms with E-state index in [9.17, 15) is 14.7 Å². The van der Waals surface area contributed by atoms with Gasteiger partial charge in [-0.1, -0.05) is 30.4 Å². The second kappa shape index (κ2) is 4.20. The summed E-state index contributed by atoms with van der Waals surface area (Å²) in [7, 11) is 0. The number of carbonyl (C=O) groups is 2. The van der Waals surface area contributed by atoms with Crippen LogP contribution >= 0.6 is 0 Å². The summed E-state index contributed by atoms with van der Waals surface area (Å²) < 4.78 is 0. The Labute approximate surface area is 122 Å². The summed E-state index contributed by atoms with van der Waals surface area (Å²) in [6.07, 6.45) is 6.21. The van der Waals surface area contributed by atoms with Gasteiger partial charge < -0.3 is 10.4 Å². The number of carbonyl (C=O) groups excluding carboxylic acids is 1. The largest absolute Gasteiger partial charge is 0.481 e. The van der Waals surface area contributed by atoms with Gasteiger partial charge in [-0.05, 0) is 42.2 Å². The lowest BCUT2D eigenvalue weighted by molar-refractivity contribution is -0.146. The molecule has 0 saturated heterocycles. The molecule has 0 radical (unpaired) electrons. The third-order valence-electron chi connectivity index (χ3n) is 5.47. The highest BCUT2D eigenvalue weighted by molar-refractivity contribution is 5.96. The van der Waals surface area contributed by atoms with Crippen LogP contribution in [0.25, 0.3) is 0 Å². The summed E-state index contributed by atoms with van der Waals surface area (Å²) in [5, 5.41) is 12.4. The Morgan fingerprint density at radius 3 is 2.24 bits per heavy atom. The van der Waals surface area contributed by atoms with Crippen LogP contribution in [0.3, 0.4) is 0 Å². The molecule has 1 aromatic carbocycles. The number of carboxylic acids is 1. The number of benzene rings is 1. The average molecular weight is 283 g/mol. The maximum atomic E-state index is 12.6. The summed E-state index contributed by atoms with van der Waals surface area (Å²) in [5.74, 6) is -1.90. The van der Waals surface area contributed by atoms with Crippen molar-refractivity contribution in [3.8, 4) is 0 Å². The number of amides is 1. The van der Waals surface area contributed by atoms with E-state index in [1.54, 1.807) is 0 Å². The number of aliphatic carboxylic acids is 1. The summed E-state index contributed by atoms with van der Waals surface area (Å²) >= 11 is 0. The van der Waals surface area contributed by atoms with Crippen molar-refractivity contribution in [1.82, 2.24) is 0 Å². The zero-order chi connectivity index (χ0) is 14.6. The van der Waals surface area contributed by atoms with Gasteiger partial charge in [-0.3, -0.25) is 9.59 Å². The third kappa shape index (κ3) is 1.68. The van der Waals surface area contributed by atoms with Gasteiger partial charge in [0.05, 0.1) is 11.8 Å². The number of nitrogens with one attached hydrogen (secondary N) is 1. The molecule has 0 aliphatic heterocycles. The van der Waals surface area contributed by atoms with E-state index in [1.165, 1.54) is 0 Å². The lowest BCUT2D eigenvalue weighted by atomic mass is 9.82. The Morgan fingerprint density at radius 1 is 1.05 bits per heavy atom. The van der Waals surface area contributed by atoms with Gasteiger partial charge in [-0.25, -0.2) is 0 Å². The molecule has 0 unspecified atom stereocenters. The topological polar surface area (TPSA) is 66.4 Å². The highest BCUT2D eigenvalue weighted by Gasteiger charge is 2.70. The normalized spacial score (nSPS) is 34.1. The molecule has 4 heteroatoms. The molecule has 4 nitrogen and oxygen atoms in total. The highest BCUT2D eigenvalue weighted by atomic mass is 16.4. The molecule has 3 aliphatic rings. The van der Waals surface area contributed by atoms with Gasteiger partial charge in [0.15, 0.2) is 0 Å². The van der Waals surface area contributed by atoms with Crippen molar-refractivity contribution >= 4 is 17.6 Å². The van der Waals surface area contributed by atoms with Crippen molar-refractivity contribution in [2.45, 2.75) is 12.8 Å². The molecular formula is C17H17NO3. The van der Waals surface area contributed by atoms with Gasteiger partial charge in [0.2, 0.25) is 5.91 Å². The van der Waals surface area contributed by atoms with Crippen molar-refractivity contribution < 1.29 is 14.7 Å². The van der Waals surface area contributed by atoms with Gasteiger partial charge in [-0.2, -0.15) is 0 Å². The number of hydrogen-bond acceptors (Lipinski definition) is 2. The predicted molar refractivity (Wildman–Crippen MR) is 77.5 cm³/mol. The van der Waals surface area contributed by atoms with Crippen LogP contribution < -0.4 is 5.32 Å². The molecule has 2 saturated carbocycles. The van der Waals surface area contributed by atoms with Gasteiger partial charge in [-0.15, -0.1) is 0 Å². The first kappa shape index (κ1) is 12.6. The first-order chi connectivity index (χ1) is 10.1. The molecular weight excluding hydrogens is 266 g/mol.